The second kappa shape index (κ2) is 7.28. The highest BCUT2D eigenvalue weighted by atomic mass is 16.5. The lowest BCUT2D eigenvalue weighted by molar-refractivity contribution is 0.0922. The van der Waals surface area contributed by atoms with Gasteiger partial charge in [0, 0.05) is 12.2 Å². The van der Waals surface area contributed by atoms with E-state index < -0.39 is 0 Å². The zero-order valence-electron chi connectivity index (χ0n) is 14.9. The highest BCUT2D eigenvalue weighted by molar-refractivity contribution is 5.97. The van der Waals surface area contributed by atoms with Crippen LogP contribution < -0.4 is 5.32 Å². The molecule has 1 atom stereocenters. The largest absolute Gasteiger partial charge is 0.349 e. The second-order valence-corrected chi connectivity index (χ2v) is 7.16. The number of aromatic nitrogens is 2. The van der Waals surface area contributed by atoms with Crippen LogP contribution in [-0.2, 0) is 6.42 Å². The van der Waals surface area contributed by atoms with E-state index in [4.69, 9.17) is 4.52 Å². The van der Waals surface area contributed by atoms with E-state index in [1.54, 1.807) is 6.20 Å². The standard InChI is InChI=1S/C21H23N3O2/c1-14-18-12-17(13-22-21(18)26-24-14)20(25)23-19(16-9-5-6-10-16)11-15-7-3-2-4-8-15/h2-4,7-8,12-13,16,19H,5-6,9-11H2,1H3,(H,23,25). The lowest BCUT2D eigenvalue weighted by atomic mass is 9.92. The summed E-state index contributed by atoms with van der Waals surface area (Å²) in [6.45, 7) is 1.85. The van der Waals surface area contributed by atoms with Crippen LogP contribution in [0.5, 0.6) is 0 Å². The summed E-state index contributed by atoms with van der Waals surface area (Å²) in [6.07, 6.45) is 7.29. The minimum atomic E-state index is -0.0761. The SMILES string of the molecule is Cc1noc2ncc(C(=O)NC(Cc3ccccc3)C3CCCC3)cc12. The van der Waals surface area contributed by atoms with Gasteiger partial charge in [-0.3, -0.25) is 4.79 Å². The monoisotopic (exact) mass is 349 g/mol. The molecule has 5 nitrogen and oxygen atoms in total. The van der Waals surface area contributed by atoms with Crippen molar-refractivity contribution in [3.05, 3.63) is 59.4 Å². The zero-order valence-corrected chi connectivity index (χ0v) is 14.9. The Morgan fingerprint density at radius 3 is 2.81 bits per heavy atom. The highest BCUT2D eigenvalue weighted by Gasteiger charge is 2.27. The van der Waals surface area contributed by atoms with Crippen molar-refractivity contribution < 1.29 is 9.32 Å². The number of hydrogen-bond donors (Lipinski definition) is 1. The molecule has 1 aromatic carbocycles. The predicted octanol–water partition coefficient (Wildman–Crippen LogP) is 4.06. The molecule has 1 unspecified atom stereocenters. The fourth-order valence-electron chi connectivity index (χ4n) is 3.88. The van der Waals surface area contributed by atoms with Crippen LogP contribution in [0.2, 0.25) is 0 Å². The minimum Gasteiger partial charge on any atom is -0.349 e. The van der Waals surface area contributed by atoms with E-state index in [1.807, 2.05) is 19.1 Å². The van der Waals surface area contributed by atoms with Crippen LogP contribution in [0.4, 0.5) is 0 Å². The van der Waals surface area contributed by atoms with Crippen molar-refractivity contribution in [2.24, 2.45) is 5.92 Å². The fraction of sp³-hybridized carbons (Fsp3) is 0.381. The third-order valence-electron chi connectivity index (χ3n) is 5.36. The second-order valence-electron chi connectivity index (χ2n) is 7.16. The first-order chi connectivity index (χ1) is 12.7. The van der Waals surface area contributed by atoms with E-state index in [2.05, 4.69) is 39.7 Å². The van der Waals surface area contributed by atoms with Crippen LogP contribution in [0.1, 0.15) is 47.3 Å². The van der Waals surface area contributed by atoms with Crippen molar-refractivity contribution in [3.8, 4) is 0 Å². The quantitative estimate of drug-likeness (QED) is 0.754. The summed E-state index contributed by atoms with van der Waals surface area (Å²) in [5.41, 5.74) is 3.03. The molecule has 0 aliphatic heterocycles. The molecular weight excluding hydrogens is 326 g/mol. The van der Waals surface area contributed by atoms with Crippen LogP contribution in [0, 0.1) is 12.8 Å². The lowest BCUT2D eigenvalue weighted by Gasteiger charge is -2.25. The molecular formula is C21H23N3O2. The maximum Gasteiger partial charge on any atom is 0.257 e. The van der Waals surface area contributed by atoms with Gasteiger partial charge in [0.2, 0.25) is 0 Å². The molecule has 1 aliphatic rings. The lowest BCUT2D eigenvalue weighted by Crippen LogP contribution is -2.41. The van der Waals surface area contributed by atoms with Gasteiger partial charge in [-0.15, -0.1) is 0 Å². The third kappa shape index (κ3) is 3.47. The maximum atomic E-state index is 12.9. The molecule has 0 radical (unpaired) electrons. The van der Waals surface area contributed by atoms with Gasteiger partial charge in [-0.1, -0.05) is 48.3 Å². The summed E-state index contributed by atoms with van der Waals surface area (Å²) in [5, 5.41) is 7.97. The van der Waals surface area contributed by atoms with Crippen LogP contribution >= 0.6 is 0 Å². The van der Waals surface area contributed by atoms with Crippen LogP contribution in [0.15, 0.2) is 47.1 Å². The number of carbonyl (C=O) groups is 1. The summed E-state index contributed by atoms with van der Waals surface area (Å²) in [5.74, 6) is 0.459. The molecule has 1 saturated carbocycles. The minimum absolute atomic E-state index is 0.0761. The zero-order chi connectivity index (χ0) is 17.9. The Kier molecular flexibility index (Phi) is 4.69. The van der Waals surface area contributed by atoms with Crippen molar-refractivity contribution in [3.63, 3.8) is 0 Å². The number of pyridine rings is 1. The number of amides is 1. The normalized spacial score (nSPS) is 16.0. The summed E-state index contributed by atoms with van der Waals surface area (Å²) in [6, 6.07) is 12.3. The topological polar surface area (TPSA) is 68.0 Å². The van der Waals surface area contributed by atoms with E-state index in [0.29, 0.717) is 17.2 Å². The average Bonchev–Trinajstić information content (AvgIpc) is 3.32. The summed E-state index contributed by atoms with van der Waals surface area (Å²) >= 11 is 0. The molecule has 0 saturated heterocycles. The van der Waals surface area contributed by atoms with E-state index in [0.717, 1.165) is 17.5 Å². The van der Waals surface area contributed by atoms with Crippen molar-refractivity contribution in [1.82, 2.24) is 15.5 Å². The number of benzene rings is 1. The van der Waals surface area contributed by atoms with Gasteiger partial charge < -0.3 is 9.84 Å². The Hall–Kier alpha value is -2.69. The molecule has 4 rings (SSSR count). The van der Waals surface area contributed by atoms with Crippen LogP contribution in [-0.4, -0.2) is 22.1 Å². The number of nitrogens with one attached hydrogen (secondary N) is 1. The molecule has 5 heteroatoms. The number of hydrogen-bond acceptors (Lipinski definition) is 4. The number of fused-ring (bicyclic) bond motifs is 1. The van der Waals surface area contributed by atoms with Crippen molar-refractivity contribution in [2.45, 2.75) is 45.1 Å². The molecule has 0 bridgehead atoms. The molecule has 1 fully saturated rings. The first kappa shape index (κ1) is 16.8. The average molecular weight is 349 g/mol. The Balaban J connectivity index is 1.55. The molecule has 134 valence electrons. The molecule has 1 aliphatic carbocycles. The van der Waals surface area contributed by atoms with E-state index in [9.17, 15) is 4.79 Å². The van der Waals surface area contributed by atoms with E-state index in [1.165, 1.54) is 31.2 Å². The third-order valence-corrected chi connectivity index (χ3v) is 5.36. The molecule has 0 spiro atoms. The predicted molar refractivity (Wildman–Crippen MR) is 99.9 cm³/mol. The van der Waals surface area contributed by atoms with Crippen molar-refractivity contribution in [2.75, 3.05) is 0 Å². The van der Waals surface area contributed by atoms with E-state index >= 15 is 0 Å². The number of carbonyl (C=O) groups excluding carboxylic acids is 1. The van der Waals surface area contributed by atoms with Gasteiger partial charge in [-0.05, 0) is 43.7 Å². The van der Waals surface area contributed by atoms with Gasteiger partial charge >= 0.3 is 0 Å². The van der Waals surface area contributed by atoms with Crippen molar-refractivity contribution >= 4 is 17.0 Å². The van der Waals surface area contributed by atoms with Gasteiger partial charge in [0.15, 0.2) is 0 Å². The summed E-state index contributed by atoms with van der Waals surface area (Å²) in [4.78, 5) is 17.1. The summed E-state index contributed by atoms with van der Waals surface area (Å²) < 4.78 is 5.13. The number of rotatable bonds is 5. The molecule has 26 heavy (non-hydrogen) atoms. The van der Waals surface area contributed by atoms with Gasteiger partial charge in [-0.2, -0.15) is 0 Å². The van der Waals surface area contributed by atoms with Gasteiger partial charge in [0.05, 0.1) is 16.6 Å². The van der Waals surface area contributed by atoms with Gasteiger partial charge in [0.25, 0.3) is 11.6 Å². The van der Waals surface area contributed by atoms with E-state index in [-0.39, 0.29) is 11.9 Å². The van der Waals surface area contributed by atoms with Gasteiger partial charge in [0.1, 0.15) is 0 Å². The molecule has 3 aromatic rings. The maximum absolute atomic E-state index is 12.9. The summed E-state index contributed by atoms with van der Waals surface area (Å²) in [7, 11) is 0. The molecule has 1 amide bonds. The van der Waals surface area contributed by atoms with Gasteiger partial charge in [-0.25, -0.2) is 4.98 Å². The molecule has 2 heterocycles. The first-order valence-electron chi connectivity index (χ1n) is 9.27. The Bertz CT molecular complexity index is 898. The van der Waals surface area contributed by atoms with Crippen LogP contribution in [0.25, 0.3) is 11.1 Å². The fourth-order valence-corrected chi connectivity index (χ4v) is 3.88. The Morgan fingerprint density at radius 1 is 1.27 bits per heavy atom. The Labute approximate surface area is 152 Å². The highest BCUT2D eigenvalue weighted by Crippen LogP contribution is 2.29. The number of aryl methyl sites for hydroxylation is 1. The number of nitrogens with zero attached hydrogens (tertiary/aromatic N) is 2. The smallest absolute Gasteiger partial charge is 0.257 e. The van der Waals surface area contributed by atoms with Crippen molar-refractivity contribution in [1.29, 1.82) is 0 Å². The molecule has 1 N–H and O–H groups in total. The first-order valence-corrected chi connectivity index (χ1v) is 9.27. The Morgan fingerprint density at radius 2 is 2.04 bits per heavy atom. The van der Waals surface area contributed by atoms with Crippen LogP contribution in [0.3, 0.4) is 0 Å². The molecule has 2 aromatic heterocycles.